The van der Waals surface area contributed by atoms with Crippen LogP contribution in [0.1, 0.15) is 10.4 Å². The molecule has 0 radical (unpaired) electrons. The number of carbonyl (C=O) groups is 1. The molecule has 0 aliphatic heterocycles. The van der Waals surface area contributed by atoms with Gasteiger partial charge in [0.1, 0.15) is 17.8 Å². The van der Waals surface area contributed by atoms with Crippen molar-refractivity contribution in [1.82, 2.24) is 15.0 Å². The van der Waals surface area contributed by atoms with Crippen LogP contribution in [0.2, 0.25) is 0 Å². The zero-order valence-electron chi connectivity index (χ0n) is 16.8. The van der Waals surface area contributed by atoms with E-state index in [0.29, 0.717) is 28.6 Å². The third-order valence-electron chi connectivity index (χ3n) is 4.27. The van der Waals surface area contributed by atoms with Crippen molar-refractivity contribution in [2.45, 2.75) is 6.36 Å². The monoisotopic (exact) mass is 452 g/mol. The summed E-state index contributed by atoms with van der Waals surface area (Å²) in [6.07, 6.45) is -0.264. The summed E-state index contributed by atoms with van der Waals surface area (Å²) in [5.74, 6) is -0.411. The molecule has 166 valence electrons. The van der Waals surface area contributed by atoms with Crippen molar-refractivity contribution in [3.05, 3.63) is 91.0 Å². The number of hydrogen-bond acceptors (Lipinski definition) is 6. The fourth-order valence-electron chi connectivity index (χ4n) is 2.90. The Balaban J connectivity index is 1.51. The average molecular weight is 452 g/mol. The molecule has 0 fully saturated rings. The first-order valence-electron chi connectivity index (χ1n) is 9.54. The standard InChI is InChI=1S/C23H15F3N4O3/c24-23(25,26)33-18-7-1-4-15(12-18)21(31)30-16-5-2-6-17(13-16)32-22-19(8-3-10-28-22)20-9-11-27-14-29-20/h1-14H,(H,30,31). The highest BCUT2D eigenvalue weighted by atomic mass is 19.4. The molecule has 0 unspecified atom stereocenters. The van der Waals surface area contributed by atoms with E-state index in [9.17, 15) is 18.0 Å². The first-order chi connectivity index (χ1) is 15.9. The van der Waals surface area contributed by atoms with E-state index in [-0.39, 0.29) is 5.56 Å². The molecule has 0 aliphatic rings. The summed E-state index contributed by atoms with van der Waals surface area (Å²) < 4.78 is 47.1. The lowest BCUT2D eigenvalue weighted by Crippen LogP contribution is -2.18. The van der Waals surface area contributed by atoms with Gasteiger partial charge in [-0.1, -0.05) is 12.1 Å². The predicted octanol–water partition coefficient (Wildman–Crippen LogP) is 5.48. The molecule has 0 saturated heterocycles. The number of benzene rings is 2. The Hall–Kier alpha value is -4.47. The number of ether oxygens (including phenoxy) is 2. The van der Waals surface area contributed by atoms with Gasteiger partial charge in [-0.2, -0.15) is 0 Å². The topological polar surface area (TPSA) is 86.2 Å². The SMILES string of the molecule is O=C(Nc1cccc(Oc2ncccc2-c2ccncn2)c1)c1cccc(OC(F)(F)F)c1. The molecule has 7 nitrogen and oxygen atoms in total. The second-order valence-corrected chi connectivity index (χ2v) is 6.61. The molecule has 4 rings (SSSR count). The fraction of sp³-hybridized carbons (Fsp3) is 0.0435. The molecule has 33 heavy (non-hydrogen) atoms. The van der Waals surface area contributed by atoms with Crippen molar-refractivity contribution >= 4 is 11.6 Å². The zero-order valence-corrected chi connectivity index (χ0v) is 16.8. The summed E-state index contributed by atoms with van der Waals surface area (Å²) in [7, 11) is 0. The molecule has 10 heteroatoms. The number of alkyl halides is 3. The van der Waals surface area contributed by atoms with E-state index in [4.69, 9.17) is 4.74 Å². The Morgan fingerprint density at radius 1 is 0.879 bits per heavy atom. The van der Waals surface area contributed by atoms with Crippen molar-refractivity contribution in [1.29, 1.82) is 0 Å². The van der Waals surface area contributed by atoms with E-state index in [0.717, 1.165) is 12.1 Å². The number of halogens is 3. The minimum Gasteiger partial charge on any atom is -0.438 e. The van der Waals surface area contributed by atoms with Gasteiger partial charge in [0.2, 0.25) is 5.88 Å². The van der Waals surface area contributed by atoms with E-state index < -0.39 is 18.0 Å². The Bertz CT molecular complexity index is 1270. The van der Waals surface area contributed by atoms with Gasteiger partial charge in [-0.15, -0.1) is 13.2 Å². The van der Waals surface area contributed by atoms with Crippen LogP contribution >= 0.6 is 0 Å². The van der Waals surface area contributed by atoms with Crippen LogP contribution in [0.3, 0.4) is 0 Å². The smallest absolute Gasteiger partial charge is 0.438 e. The van der Waals surface area contributed by atoms with Crippen LogP contribution < -0.4 is 14.8 Å². The molecule has 1 N–H and O–H groups in total. The minimum absolute atomic E-state index is 0.00107. The van der Waals surface area contributed by atoms with Gasteiger partial charge in [0.05, 0.1) is 11.3 Å². The van der Waals surface area contributed by atoms with E-state index in [1.54, 1.807) is 54.9 Å². The lowest BCUT2D eigenvalue weighted by atomic mass is 10.2. The summed E-state index contributed by atoms with van der Waals surface area (Å²) in [4.78, 5) is 24.9. The Morgan fingerprint density at radius 3 is 2.48 bits per heavy atom. The van der Waals surface area contributed by atoms with Crippen LogP contribution in [0, 0.1) is 0 Å². The number of pyridine rings is 1. The average Bonchev–Trinajstić information content (AvgIpc) is 2.79. The highest BCUT2D eigenvalue weighted by Gasteiger charge is 2.31. The molecule has 0 atom stereocenters. The summed E-state index contributed by atoms with van der Waals surface area (Å²) in [5, 5.41) is 2.62. The first-order valence-corrected chi connectivity index (χ1v) is 9.54. The highest BCUT2D eigenvalue weighted by molar-refractivity contribution is 6.04. The number of aromatic nitrogens is 3. The van der Waals surface area contributed by atoms with Crippen molar-refractivity contribution < 1.29 is 27.4 Å². The van der Waals surface area contributed by atoms with Crippen LogP contribution in [-0.4, -0.2) is 27.2 Å². The van der Waals surface area contributed by atoms with Gasteiger partial charge in [0.25, 0.3) is 5.91 Å². The van der Waals surface area contributed by atoms with Gasteiger partial charge in [0, 0.05) is 29.7 Å². The first kappa shape index (κ1) is 21.8. The minimum atomic E-state index is -4.85. The van der Waals surface area contributed by atoms with Gasteiger partial charge < -0.3 is 14.8 Å². The van der Waals surface area contributed by atoms with Gasteiger partial charge in [-0.25, -0.2) is 15.0 Å². The molecule has 4 aromatic rings. The van der Waals surface area contributed by atoms with Crippen molar-refractivity contribution in [3.63, 3.8) is 0 Å². The van der Waals surface area contributed by atoms with Crippen LogP contribution in [-0.2, 0) is 0 Å². The van der Waals surface area contributed by atoms with Crippen molar-refractivity contribution in [3.8, 4) is 28.6 Å². The molecule has 0 bridgehead atoms. The largest absolute Gasteiger partial charge is 0.573 e. The normalized spacial score (nSPS) is 11.0. The van der Waals surface area contributed by atoms with Crippen molar-refractivity contribution in [2.24, 2.45) is 0 Å². The molecule has 0 spiro atoms. The van der Waals surface area contributed by atoms with Crippen molar-refractivity contribution in [2.75, 3.05) is 5.32 Å². The maximum atomic E-state index is 12.5. The van der Waals surface area contributed by atoms with E-state index in [1.807, 2.05) is 0 Å². The van der Waals surface area contributed by atoms with Crippen LogP contribution in [0.25, 0.3) is 11.3 Å². The molecular weight excluding hydrogens is 437 g/mol. The van der Waals surface area contributed by atoms with Crippen LogP contribution in [0.15, 0.2) is 85.5 Å². The Morgan fingerprint density at radius 2 is 1.70 bits per heavy atom. The number of amides is 1. The van der Waals surface area contributed by atoms with Crippen LogP contribution in [0.5, 0.6) is 17.4 Å². The maximum absolute atomic E-state index is 12.5. The molecule has 1 amide bonds. The van der Waals surface area contributed by atoms with Crippen LogP contribution in [0.4, 0.5) is 18.9 Å². The summed E-state index contributed by atoms with van der Waals surface area (Å²) >= 11 is 0. The number of rotatable bonds is 6. The highest BCUT2D eigenvalue weighted by Crippen LogP contribution is 2.31. The number of nitrogens with one attached hydrogen (secondary N) is 1. The number of carbonyl (C=O) groups excluding carboxylic acids is 1. The lowest BCUT2D eigenvalue weighted by molar-refractivity contribution is -0.274. The third kappa shape index (κ3) is 5.82. The quantitative estimate of drug-likeness (QED) is 0.417. The predicted molar refractivity (Wildman–Crippen MR) is 113 cm³/mol. The lowest BCUT2D eigenvalue weighted by Gasteiger charge is -2.12. The molecule has 0 aliphatic carbocycles. The fourth-order valence-corrected chi connectivity index (χ4v) is 2.90. The summed E-state index contributed by atoms with van der Waals surface area (Å²) in [5.41, 5.74) is 1.65. The van der Waals surface area contributed by atoms with Gasteiger partial charge in [-0.05, 0) is 48.5 Å². The van der Waals surface area contributed by atoms with E-state index >= 15 is 0 Å². The summed E-state index contributed by atoms with van der Waals surface area (Å²) in [6, 6.07) is 16.6. The second kappa shape index (κ2) is 9.35. The third-order valence-corrected chi connectivity index (χ3v) is 4.27. The van der Waals surface area contributed by atoms with Gasteiger partial charge >= 0.3 is 6.36 Å². The molecule has 2 aromatic heterocycles. The number of nitrogens with zero attached hydrogens (tertiary/aromatic N) is 3. The molecule has 2 aromatic carbocycles. The number of hydrogen-bond donors (Lipinski definition) is 1. The van der Waals surface area contributed by atoms with Gasteiger partial charge in [-0.3, -0.25) is 4.79 Å². The molecule has 0 saturated carbocycles. The Labute approximate surface area is 185 Å². The van der Waals surface area contributed by atoms with Gasteiger partial charge in [0.15, 0.2) is 0 Å². The maximum Gasteiger partial charge on any atom is 0.573 e. The van der Waals surface area contributed by atoms with E-state index in [1.165, 1.54) is 18.5 Å². The number of anilines is 1. The van der Waals surface area contributed by atoms with E-state index in [2.05, 4.69) is 25.0 Å². The Kier molecular flexibility index (Phi) is 6.16. The molecule has 2 heterocycles. The second-order valence-electron chi connectivity index (χ2n) is 6.61. The zero-order chi connectivity index (χ0) is 23.3. The molecular formula is C23H15F3N4O3. The summed E-state index contributed by atoms with van der Waals surface area (Å²) in [6.45, 7) is 0.